The number of carbonyl (C=O) groups is 2. The molecule has 0 spiro atoms. The Hall–Kier alpha value is -2.40. The summed E-state index contributed by atoms with van der Waals surface area (Å²) in [4.78, 5) is 27.6. The molecule has 1 aromatic heterocycles. The Kier molecular flexibility index (Phi) is 4.90. The van der Waals surface area contributed by atoms with Crippen LogP contribution in [0.3, 0.4) is 0 Å². The molecule has 0 bridgehead atoms. The number of anilines is 1. The molecule has 6 heteroatoms. The first-order valence-electron chi connectivity index (χ1n) is 6.31. The van der Waals surface area contributed by atoms with Gasteiger partial charge >= 0.3 is 0 Å². The third-order valence-corrected chi connectivity index (χ3v) is 3.24. The minimum absolute atomic E-state index is 0.129. The first-order valence-corrected chi connectivity index (χ1v) is 6.69. The second-order valence-electron chi connectivity index (χ2n) is 4.32. The molecule has 0 radical (unpaired) electrons. The van der Waals surface area contributed by atoms with E-state index in [4.69, 9.17) is 11.6 Å². The van der Waals surface area contributed by atoms with E-state index in [9.17, 15) is 9.59 Å². The number of carbonyl (C=O) groups excluding carboxylic acids is 2. The average molecular weight is 304 g/mol. The fraction of sp³-hybridized carbons (Fsp3) is 0.133. The van der Waals surface area contributed by atoms with Crippen LogP contribution in [0.25, 0.3) is 0 Å². The number of nitrogens with zero attached hydrogens (tertiary/aromatic N) is 1. The molecule has 1 heterocycles. The Morgan fingerprint density at radius 3 is 2.71 bits per heavy atom. The number of halogens is 1. The van der Waals surface area contributed by atoms with Crippen LogP contribution in [0.5, 0.6) is 0 Å². The van der Waals surface area contributed by atoms with Crippen LogP contribution in [0, 0.1) is 0 Å². The molecule has 2 aromatic rings. The van der Waals surface area contributed by atoms with E-state index in [-0.39, 0.29) is 23.8 Å². The molecule has 5 nitrogen and oxygen atoms in total. The van der Waals surface area contributed by atoms with Crippen LogP contribution < -0.4 is 10.6 Å². The van der Waals surface area contributed by atoms with Crippen LogP contribution in [0.4, 0.5) is 5.69 Å². The number of benzene rings is 1. The van der Waals surface area contributed by atoms with E-state index in [2.05, 4.69) is 15.6 Å². The number of hydrogen-bond donors (Lipinski definition) is 2. The zero-order valence-electron chi connectivity index (χ0n) is 11.4. The summed E-state index contributed by atoms with van der Waals surface area (Å²) in [7, 11) is 1.57. The van der Waals surface area contributed by atoms with Gasteiger partial charge in [0.2, 0.25) is 5.91 Å². The second-order valence-corrected chi connectivity index (χ2v) is 4.72. The van der Waals surface area contributed by atoms with Crippen molar-refractivity contribution in [3.8, 4) is 0 Å². The molecule has 0 saturated heterocycles. The SMILES string of the molecule is CNC(=O)Cc1ccccc1NC(=O)c1cnccc1Cl. The zero-order valence-corrected chi connectivity index (χ0v) is 12.1. The Balaban J connectivity index is 2.22. The maximum Gasteiger partial charge on any atom is 0.258 e. The standard InChI is InChI=1S/C15H14ClN3O2/c1-17-14(20)8-10-4-2-3-5-13(10)19-15(21)11-9-18-7-6-12(11)16/h2-7,9H,8H2,1H3,(H,17,20)(H,19,21). The van der Waals surface area contributed by atoms with Gasteiger partial charge in [-0.3, -0.25) is 14.6 Å². The van der Waals surface area contributed by atoms with Crippen LogP contribution in [0.1, 0.15) is 15.9 Å². The lowest BCUT2D eigenvalue weighted by Gasteiger charge is -2.11. The van der Waals surface area contributed by atoms with Crippen molar-refractivity contribution in [3.05, 3.63) is 58.9 Å². The lowest BCUT2D eigenvalue weighted by atomic mass is 10.1. The van der Waals surface area contributed by atoms with Crippen molar-refractivity contribution in [1.29, 1.82) is 0 Å². The number of rotatable bonds is 4. The highest BCUT2D eigenvalue weighted by atomic mass is 35.5. The van der Waals surface area contributed by atoms with E-state index in [1.807, 2.05) is 6.07 Å². The number of para-hydroxylation sites is 1. The molecule has 1 aromatic carbocycles. The first kappa shape index (κ1) is 15.0. The fourth-order valence-corrected chi connectivity index (χ4v) is 1.98. The van der Waals surface area contributed by atoms with E-state index in [0.29, 0.717) is 10.7 Å². The van der Waals surface area contributed by atoms with Crippen LogP contribution in [0.2, 0.25) is 5.02 Å². The summed E-state index contributed by atoms with van der Waals surface area (Å²) < 4.78 is 0. The van der Waals surface area contributed by atoms with Gasteiger partial charge in [0.25, 0.3) is 5.91 Å². The molecular weight excluding hydrogens is 290 g/mol. The van der Waals surface area contributed by atoms with Crippen molar-refractivity contribution < 1.29 is 9.59 Å². The van der Waals surface area contributed by atoms with E-state index in [0.717, 1.165) is 5.56 Å². The summed E-state index contributed by atoms with van der Waals surface area (Å²) in [5, 5.41) is 5.63. The molecule has 0 aliphatic heterocycles. The Morgan fingerprint density at radius 2 is 2.00 bits per heavy atom. The van der Waals surface area contributed by atoms with Gasteiger partial charge in [0.1, 0.15) is 0 Å². The monoisotopic (exact) mass is 303 g/mol. The van der Waals surface area contributed by atoms with Crippen molar-refractivity contribution in [2.24, 2.45) is 0 Å². The summed E-state index contributed by atoms with van der Waals surface area (Å²) in [6.07, 6.45) is 3.10. The maximum absolute atomic E-state index is 12.2. The molecule has 0 fully saturated rings. The minimum atomic E-state index is -0.363. The molecule has 0 aliphatic rings. The van der Waals surface area contributed by atoms with Gasteiger partial charge in [-0.15, -0.1) is 0 Å². The summed E-state index contributed by atoms with van der Waals surface area (Å²) in [6.45, 7) is 0. The van der Waals surface area contributed by atoms with Crippen LogP contribution in [-0.2, 0) is 11.2 Å². The fourth-order valence-electron chi connectivity index (χ4n) is 1.79. The van der Waals surface area contributed by atoms with Gasteiger partial charge in [-0.25, -0.2) is 0 Å². The molecule has 2 rings (SSSR count). The Labute approximate surface area is 127 Å². The molecule has 0 aliphatic carbocycles. The first-order chi connectivity index (χ1) is 10.1. The second kappa shape index (κ2) is 6.85. The summed E-state index contributed by atoms with van der Waals surface area (Å²) >= 11 is 5.97. The predicted octanol–water partition coefficient (Wildman–Crippen LogP) is 2.28. The zero-order chi connectivity index (χ0) is 15.2. The molecule has 0 unspecified atom stereocenters. The lowest BCUT2D eigenvalue weighted by Crippen LogP contribution is -2.21. The van der Waals surface area contributed by atoms with Crippen molar-refractivity contribution in [3.63, 3.8) is 0 Å². The molecule has 2 amide bonds. The average Bonchev–Trinajstić information content (AvgIpc) is 2.49. The lowest BCUT2D eigenvalue weighted by molar-refractivity contribution is -0.119. The topological polar surface area (TPSA) is 71.1 Å². The largest absolute Gasteiger partial charge is 0.359 e. The Bertz CT molecular complexity index is 673. The highest BCUT2D eigenvalue weighted by Gasteiger charge is 2.13. The van der Waals surface area contributed by atoms with Gasteiger partial charge in [-0.05, 0) is 17.7 Å². The van der Waals surface area contributed by atoms with Crippen molar-refractivity contribution in [1.82, 2.24) is 10.3 Å². The van der Waals surface area contributed by atoms with Crippen molar-refractivity contribution in [2.45, 2.75) is 6.42 Å². The van der Waals surface area contributed by atoms with Gasteiger partial charge in [0.15, 0.2) is 0 Å². The highest BCUT2D eigenvalue weighted by Crippen LogP contribution is 2.19. The third-order valence-electron chi connectivity index (χ3n) is 2.91. The number of likely N-dealkylation sites (N-methyl/N-ethyl adjacent to an activating group) is 1. The van der Waals surface area contributed by atoms with E-state index in [1.165, 1.54) is 12.4 Å². The summed E-state index contributed by atoms with van der Waals surface area (Å²) in [5.74, 6) is -0.492. The molecule has 0 saturated carbocycles. The van der Waals surface area contributed by atoms with Crippen LogP contribution in [0.15, 0.2) is 42.7 Å². The molecular formula is C15H14ClN3O2. The number of amides is 2. The highest BCUT2D eigenvalue weighted by molar-refractivity contribution is 6.34. The van der Waals surface area contributed by atoms with Crippen molar-refractivity contribution in [2.75, 3.05) is 12.4 Å². The number of pyridine rings is 1. The van der Waals surface area contributed by atoms with Gasteiger partial charge in [0.05, 0.1) is 17.0 Å². The molecule has 108 valence electrons. The third kappa shape index (κ3) is 3.79. The molecule has 2 N–H and O–H groups in total. The normalized spacial score (nSPS) is 10.0. The van der Waals surface area contributed by atoms with Gasteiger partial charge < -0.3 is 10.6 Å². The molecule has 21 heavy (non-hydrogen) atoms. The summed E-state index contributed by atoms with van der Waals surface area (Å²) in [6, 6.07) is 8.67. The minimum Gasteiger partial charge on any atom is -0.359 e. The van der Waals surface area contributed by atoms with E-state index < -0.39 is 0 Å². The predicted molar refractivity (Wildman–Crippen MR) is 81.4 cm³/mol. The smallest absolute Gasteiger partial charge is 0.258 e. The quantitative estimate of drug-likeness (QED) is 0.910. The van der Waals surface area contributed by atoms with Crippen molar-refractivity contribution >= 4 is 29.1 Å². The van der Waals surface area contributed by atoms with Crippen LogP contribution >= 0.6 is 11.6 Å². The number of nitrogens with one attached hydrogen (secondary N) is 2. The summed E-state index contributed by atoms with van der Waals surface area (Å²) in [5.41, 5.74) is 1.59. The van der Waals surface area contributed by atoms with E-state index >= 15 is 0 Å². The number of hydrogen-bond acceptors (Lipinski definition) is 3. The Morgan fingerprint density at radius 1 is 1.24 bits per heavy atom. The maximum atomic E-state index is 12.2. The van der Waals surface area contributed by atoms with Gasteiger partial charge in [-0.1, -0.05) is 29.8 Å². The van der Waals surface area contributed by atoms with Gasteiger partial charge in [0, 0.05) is 25.1 Å². The molecule has 0 atom stereocenters. The number of aromatic nitrogens is 1. The van der Waals surface area contributed by atoms with Gasteiger partial charge in [-0.2, -0.15) is 0 Å². The van der Waals surface area contributed by atoms with Crippen LogP contribution in [-0.4, -0.2) is 23.8 Å². The van der Waals surface area contributed by atoms with E-state index in [1.54, 1.807) is 31.3 Å².